The average molecular weight is 239 g/mol. The van der Waals surface area contributed by atoms with Gasteiger partial charge in [0.25, 0.3) is 5.91 Å². The second kappa shape index (κ2) is 5.86. The van der Waals surface area contributed by atoms with Crippen LogP contribution in [0.3, 0.4) is 0 Å². The predicted octanol–water partition coefficient (Wildman–Crippen LogP) is -0.130. The average Bonchev–Trinajstić information content (AvgIpc) is 2.35. The molecule has 0 aliphatic rings. The van der Waals surface area contributed by atoms with Gasteiger partial charge in [-0.2, -0.15) is 0 Å². The molecule has 0 unspecified atom stereocenters. The van der Waals surface area contributed by atoms with Gasteiger partial charge in [-0.1, -0.05) is 0 Å². The zero-order valence-electron chi connectivity index (χ0n) is 9.21. The molecule has 6 heteroatoms. The zero-order valence-corrected chi connectivity index (χ0v) is 9.21. The number of carboxylic acids is 1. The van der Waals surface area contributed by atoms with Gasteiger partial charge in [0.2, 0.25) is 0 Å². The highest BCUT2D eigenvalue weighted by atomic mass is 16.5. The fourth-order valence-electron chi connectivity index (χ4n) is 1.17. The van der Waals surface area contributed by atoms with Crippen LogP contribution in [-0.4, -0.2) is 41.8 Å². The van der Waals surface area contributed by atoms with Crippen molar-refractivity contribution in [2.45, 2.75) is 6.04 Å². The van der Waals surface area contributed by atoms with E-state index in [-0.39, 0.29) is 0 Å². The van der Waals surface area contributed by atoms with Crippen molar-refractivity contribution < 1.29 is 24.5 Å². The van der Waals surface area contributed by atoms with Crippen LogP contribution in [0.4, 0.5) is 0 Å². The molecule has 0 aliphatic carbocycles. The largest absolute Gasteiger partial charge is 0.497 e. The molecule has 0 saturated heterocycles. The van der Waals surface area contributed by atoms with Crippen LogP contribution in [0.5, 0.6) is 5.75 Å². The third-order valence-electron chi connectivity index (χ3n) is 2.14. The molecule has 0 radical (unpaired) electrons. The summed E-state index contributed by atoms with van der Waals surface area (Å²) in [6.45, 7) is -0.656. The van der Waals surface area contributed by atoms with Gasteiger partial charge >= 0.3 is 5.97 Å². The van der Waals surface area contributed by atoms with Crippen LogP contribution in [0.2, 0.25) is 0 Å². The summed E-state index contributed by atoms with van der Waals surface area (Å²) in [5.74, 6) is -1.25. The van der Waals surface area contributed by atoms with Crippen molar-refractivity contribution in [3.05, 3.63) is 29.8 Å². The molecule has 1 aromatic rings. The Morgan fingerprint density at radius 2 is 1.94 bits per heavy atom. The molecule has 0 bridgehead atoms. The number of hydrogen-bond donors (Lipinski definition) is 3. The first-order chi connectivity index (χ1) is 8.08. The molecule has 0 spiro atoms. The molecule has 0 fully saturated rings. The number of nitrogens with one attached hydrogen (secondary N) is 1. The summed E-state index contributed by atoms with van der Waals surface area (Å²) in [6.07, 6.45) is 0. The van der Waals surface area contributed by atoms with E-state index in [4.69, 9.17) is 14.9 Å². The number of aliphatic carboxylic acids is 1. The van der Waals surface area contributed by atoms with Gasteiger partial charge in [-0.15, -0.1) is 0 Å². The van der Waals surface area contributed by atoms with Gasteiger partial charge < -0.3 is 20.3 Å². The van der Waals surface area contributed by atoms with Crippen molar-refractivity contribution in [2.24, 2.45) is 0 Å². The molecule has 92 valence electrons. The van der Waals surface area contributed by atoms with Crippen molar-refractivity contribution >= 4 is 11.9 Å². The van der Waals surface area contributed by atoms with Crippen LogP contribution in [0.15, 0.2) is 24.3 Å². The quantitative estimate of drug-likeness (QED) is 0.665. The maximum absolute atomic E-state index is 11.6. The number of carbonyl (C=O) groups excluding carboxylic acids is 1. The number of rotatable bonds is 5. The zero-order chi connectivity index (χ0) is 12.8. The molecule has 1 amide bonds. The molecule has 3 N–H and O–H groups in total. The minimum absolute atomic E-state index is 0.297. The molecule has 1 rings (SSSR count). The lowest BCUT2D eigenvalue weighted by molar-refractivity contribution is -0.140. The van der Waals surface area contributed by atoms with Crippen molar-refractivity contribution in [3.8, 4) is 5.75 Å². The SMILES string of the molecule is COc1ccc(C(=O)N[C@H](CO)C(=O)O)cc1. The van der Waals surface area contributed by atoms with E-state index in [1.807, 2.05) is 0 Å². The van der Waals surface area contributed by atoms with Crippen molar-refractivity contribution in [3.63, 3.8) is 0 Å². The Bertz CT molecular complexity index is 401. The number of benzene rings is 1. The highest BCUT2D eigenvalue weighted by Gasteiger charge is 2.19. The highest BCUT2D eigenvalue weighted by molar-refractivity contribution is 5.96. The minimum Gasteiger partial charge on any atom is -0.497 e. The summed E-state index contributed by atoms with van der Waals surface area (Å²) in [7, 11) is 1.50. The molecule has 0 heterocycles. The maximum Gasteiger partial charge on any atom is 0.328 e. The van der Waals surface area contributed by atoms with Gasteiger partial charge in [0.1, 0.15) is 5.75 Å². The second-order valence-electron chi connectivity index (χ2n) is 3.28. The lowest BCUT2D eigenvalue weighted by atomic mass is 10.2. The van der Waals surface area contributed by atoms with Crippen LogP contribution in [0.25, 0.3) is 0 Å². The summed E-state index contributed by atoms with van der Waals surface area (Å²) in [6, 6.07) is 4.88. The maximum atomic E-state index is 11.6. The first-order valence-electron chi connectivity index (χ1n) is 4.87. The van der Waals surface area contributed by atoms with Crippen LogP contribution in [0.1, 0.15) is 10.4 Å². The Kier molecular flexibility index (Phi) is 4.47. The second-order valence-corrected chi connectivity index (χ2v) is 3.28. The van der Waals surface area contributed by atoms with Gasteiger partial charge in [0.05, 0.1) is 13.7 Å². The van der Waals surface area contributed by atoms with E-state index in [1.165, 1.54) is 19.2 Å². The number of amides is 1. The van der Waals surface area contributed by atoms with E-state index < -0.39 is 24.5 Å². The Balaban J connectivity index is 2.72. The fraction of sp³-hybridized carbons (Fsp3) is 0.273. The van der Waals surface area contributed by atoms with E-state index in [0.29, 0.717) is 11.3 Å². The summed E-state index contributed by atoms with van der Waals surface area (Å²) >= 11 is 0. The monoisotopic (exact) mass is 239 g/mol. The summed E-state index contributed by atoms with van der Waals surface area (Å²) < 4.78 is 4.92. The number of carbonyl (C=O) groups is 2. The third-order valence-corrected chi connectivity index (χ3v) is 2.14. The van der Waals surface area contributed by atoms with E-state index in [0.717, 1.165) is 0 Å². The molecule has 17 heavy (non-hydrogen) atoms. The Morgan fingerprint density at radius 1 is 1.35 bits per heavy atom. The van der Waals surface area contributed by atoms with Gasteiger partial charge in [0.15, 0.2) is 6.04 Å². The van der Waals surface area contributed by atoms with Crippen LogP contribution in [-0.2, 0) is 4.79 Å². The first-order valence-corrected chi connectivity index (χ1v) is 4.87. The van der Waals surface area contributed by atoms with Crippen LogP contribution >= 0.6 is 0 Å². The Morgan fingerprint density at radius 3 is 2.35 bits per heavy atom. The lowest BCUT2D eigenvalue weighted by Crippen LogP contribution is -2.43. The number of ether oxygens (including phenoxy) is 1. The molecular formula is C11H13NO5. The number of methoxy groups -OCH3 is 1. The third kappa shape index (κ3) is 3.46. The fourth-order valence-corrected chi connectivity index (χ4v) is 1.17. The van der Waals surface area contributed by atoms with E-state index in [1.54, 1.807) is 12.1 Å². The number of aliphatic hydroxyl groups excluding tert-OH is 1. The lowest BCUT2D eigenvalue weighted by Gasteiger charge is -2.11. The normalized spacial score (nSPS) is 11.6. The first kappa shape index (κ1) is 13.0. The van der Waals surface area contributed by atoms with Crippen molar-refractivity contribution in [1.82, 2.24) is 5.32 Å². The summed E-state index contributed by atoms with van der Waals surface area (Å²) in [5.41, 5.74) is 0.297. The standard InChI is InChI=1S/C11H13NO5/c1-17-8-4-2-7(3-5-8)10(14)12-9(6-13)11(15)16/h2-5,9,13H,6H2,1H3,(H,12,14)(H,15,16)/t9-/m1/s1. The number of aliphatic hydroxyl groups is 1. The van der Waals surface area contributed by atoms with E-state index in [9.17, 15) is 9.59 Å². The van der Waals surface area contributed by atoms with Gasteiger partial charge in [0, 0.05) is 5.56 Å². The van der Waals surface area contributed by atoms with E-state index in [2.05, 4.69) is 5.32 Å². The van der Waals surface area contributed by atoms with E-state index >= 15 is 0 Å². The summed E-state index contributed by atoms with van der Waals surface area (Å²) in [5, 5.41) is 19.6. The number of carboxylic acid groups (broad SMARTS) is 1. The van der Waals surface area contributed by atoms with Crippen LogP contribution in [0, 0.1) is 0 Å². The molecule has 0 saturated carbocycles. The van der Waals surface area contributed by atoms with Gasteiger partial charge in [-0.25, -0.2) is 4.79 Å². The minimum atomic E-state index is -1.30. The molecule has 0 aliphatic heterocycles. The highest BCUT2D eigenvalue weighted by Crippen LogP contribution is 2.11. The van der Waals surface area contributed by atoms with Crippen molar-refractivity contribution in [2.75, 3.05) is 13.7 Å². The summed E-state index contributed by atoms with van der Waals surface area (Å²) in [4.78, 5) is 22.2. The Labute approximate surface area is 97.8 Å². The smallest absolute Gasteiger partial charge is 0.328 e. The van der Waals surface area contributed by atoms with Crippen LogP contribution < -0.4 is 10.1 Å². The topological polar surface area (TPSA) is 95.9 Å². The molecule has 6 nitrogen and oxygen atoms in total. The van der Waals surface area contributed by atoms with Crippen molar-refractivity contribution in [1.29, 1.82) is 0 Å². The molecular weight excluding hydrogens is 226 g/mol. The molecule has 0 aromatic heterocycles. The van der Waals surface area contributed by atoms with Gasteiger partial charge in [-0.05, 0) is 24.3 Å². The Hall–Kier alpha value is -2.08. The van der Waals surface area contributed by atoms with Gasteiger partial charge in [-0.3, -0.25) is 4.79 Å². The predicted molar refractivity (Wildman–Crippen MR) is 59.0 cm³/mol. The number of hydrogen-bond acceptors (Lipinski definition) is 4. The molecule has 1 aromatic carbocycles. The molecule has 1 atom stereocenters.